The van der Waals surface area contributed by atoms with Crippen LogP contribution in [0.15, 0.2) is 58.3 Å². The number of para-hydroxylation sites is 1. The molecule has 22 heavy (non-hydrogen) atoms. The van der Waals surface area contributed by atoms with E-state index in [1.165, 1.54) is 0 Å². The molecule has 0 saturated carbocycles. The molecule has 0 amide bonds. The minimum absolute atomic E-state index is 0.452. The Balaban J connectivity index is 2.01. The fourth-order valence-electron chi connectivity index (χ4n) is 2.62. The monoisotopic (exact) mass is 372 g/mol. The third kappa shape index (κ3) is 2.09. The number of fused-ring (bicyclic) bond motifs is 3. The second-order valence-electron chi connectivity index (χ2n) is 4.88. The van der Waals surface area contributed by atoms with Crippen LogP contribution in [0.2, 0.25) is 5.02 Å². The first-order valence-electron chi connectivity index (χ1n) is 6.74. The van der Waals surface area contributed by atoms with E-state index >= 15 is 0 Å². The van der Waals surface area contributed by atoms with Crippen LogP contribution in [-0.4, -0.2) is 20.5 Å². The first-order chi connectivity index (χ1) is 10.8. The van der Waals surface area contributed by atoms with Crippen molar-refractivity contribution >= 4 is 33.2 Å². The quantitative estimate of drug-likeness (QED) is 0.646. The van der Waals surface area contributed by atoms with Gasteiger partial charge in [-0.2, -0.15) is 0 Å². The van der Waals surface area contributed by atoms with E-state index in [9.17, 15) is 0 Å². The van der Waals surface area contributed by atoms with E-state index < -0.39 is 0 Å². The summed E-state index contributed by atoms with van der Waals surface area (Å²) in [4.78, 5) is 4.74. The molecule has 1 aliphatic rings. The second kappa shape index (κ2) is 5.34. The molecule has 0 saturated heterocycles. The zero-order valence-electron chi connectivity index (χ0n) is 11.4. The van der Waals surface area contributed by atoms with Gasteiger partial charge in [-0.1, -0.05) is 48.0 Å². The molecule has 4 rings (SSSR count). The van der Waals surface area contributed by atoms with Crippen molar-refractivity contribution in [3.63, 3.8) is 0 Å². The summed E-state index contributed by atoms with van der Waals surface area (Å²) in [5.74, 6) is 0.793. The molecule has 0 aliphatic carbocycles. The molecule has 0 bridgehead atoms. The van der Waals surface area contributed by atoms with E-state index in [4.69, 9.17) is 16.6 Å². The van der Waals surface area contributed by atoms with Crippen molar-refractivity contribution in [3.05, 3.63) is 75.2 Å². The topological polar surface area (TPSA) is 43.1 Å². The van der Waals surface area contributed by atoms with Crippen LogP contribution in [0.4, 0.5) is 0 Å². The summed E-state index contributed by atoms with van der Waals surface area (Å²) in [5.41, 5.74) is 3.80. The normalized spacial score (nSPS) is 13.1. The molecule has 0 radical (unpaired) electrons. The molecule has 0 N–H and O–H groups in total. The Labute approximate surface area is 140 Å². The average molecular weight is 374 g/mol. The van der Waals surface area contributed by atoms with Crippen LogP contribution >= 0.6 is 27.5 Å². The number of rotatable bonds is 1. The van der Waals surface area contributed by atoms with Crippen molar-refractivity contribution in [2.45, 2.75) is 6.54 Å². The van der Waals surface area contributed by atoms with Gasteiger partial charge in [-0.3, -0.25) is 9.56 Å². The van der Waals surface area contributed by atoms with Gasteiger partial charge >= 0.3 is 0 Å². The SMILES string of the molecule is Clc1ccccc1C1=NCc2nnc(Br)n2-c2ccccc21. The minimum Gasteiger partial charge on any atom is -0.276 e. The maximum atomic E-state index is 6.37. The Morgan fingerprint density at radius 3 is 2.50 bits per heavy atom. The summed E-state index contributed by atoms with van der Waals surface area (Å²) in [7, 11) is 0. The zero-order chi connectivity index (χ0) is 15.1. The van der Waals surface area contributed by atoms with Crippen LogP contribution in [-0.2, 0) is 6.54 Å². The first-order valence-corrected chi connectivity index (χ1v) is 7.92. The van der Waals surface area contributed by atoms with Gasteiger partial charge in [-0.05, 0) is 28.1 Å². The summed E-state index contributed by atoms with van der Waals surface area (Å²) in [6.07, 6.45) is 0. The van der Waals surface area contributed by atoms with E-state index in [-0.39, 0.29) is 0 Å². The van der Waals surface area contributed by atoms with E-state index in [0.29, 0.717) is 16.3 Å². The van der Waals surface area contributed by atoms with Crippen molar-refractivity contribution in [2.75, 3.05) is 0 Å². The molecule has 0 atom stereocenters. The highest BCUT2D eigenvalue weighted by molar-refractivity contribution is 9.10. The smallest absolute Gasteiger partial charge is 0.204 e. The van der Waals surface area contributed by atoms with Crippen molar-refractivity contribution in [1.82, 2.24) is 14.8 Å². The highest BCUT2D eigenvalue weighted by atomic mass is 79.9. The lowest BCUT2D eigenvalue weighted by Gasteiger charge is -2.12. The number of nitrogens with zero attached hydrogens (tertiary/aromatic N) is 4. The molecule has 1 aromatic heterocycles. The van der Waals surface area contributed by atoms with Crippen LogP contribution in [0.25, 0.3) is 5.69 Å². The third-order valence-corrected chi connectivity index (χ3v) is 4.44. The third-order valence-electron chi connectivity index (χ3n) is 3.60. The predicted octanol–water partition coefficient (Wildman–Crippen LogP) is 4.03. The molecule has 0 fully saturated rings. The van der Waals surface area contributed by atoms with Crippen LogP contribution in [0.5, 0.6) is 0 Å². The van der Waals surface area contributed by atoms with Crippen molar-refractivity contribution in [3.8, 4) is 5.69 Å². The Hall–Kier alpha value is -1.98. The molecule has 1 aliphatic heterocycles. The van der Waals surface area contributed by atoms with E-state index in [0.717, 1.165) is 28.4 Å². The van der Waals surface area contributed by atoms with Crippen LogP contribution in [0.1, 0.15) is 17.0 Å². The standard InChI is InChI=1S/C16H10BrClN4/c17-16-21-20-14-9-19-15(10-5-1-3-7-12(10)18)11-6-2-4-8-13(11)22(14)16/h1-8H,9H2. The molecular weight excluding hydrogens is 364 g/mol. The van der Waals surface area contributed by atoms with Crippen molar-refractivity contribution in [1.29, 1.82) is 0 Å². The molecule has 3 aromatic rings. The fourth-order valence-corrected chi connectivity index (χ4v) is 3.32. The molecule has 6 heteroatoms. The molecule has 2 aromatic carbocycles. The highest BCUT2D eigenvalue weighted by Crippen LogP contribution is 2.29. The van der Waals surface area contributed by atoms with Gasteiger partial charge < -0.3 is 0 Å². The van der Waals surface area contributed by atoms with Crippen LogP contribution in [0, 0.1) is 0 Å². The van der Waals surface area contributed by atoms with E-state index in [1.807, 2.05) is 53.1 Å². The molecular formula is C16H10BrClN4. The fraction of sp³-hybridized carbons (Fsp3) is 0.0625. The largest absolute Gasteiger partial charge is 0.276 e. The van der Waals surface area contributed by atoms with Gasteiger partial charge in [-0.25, -0.2) is 0 Å². The number of aliphatic imine (C=N–C) groups is 1. The molecule has 108 valence electrons. The predicted molar refractivity (Wildman–Crippen MR) is 89.9 cm³/mol. The van der Waals surface area contributed by atoms with Gasteiger partial charge in [0.25, 0.3) is 0 Å². The lowest BCUT2D eigenvalue weighted by atomic mass is 10.0. The minimum atomic E-state index is 0.452. The summed E-state index contributed by atoms with van der Waals surface area (Å²) >= 11 is 9.83. The number of benzene rings is 2. The summed E-state index contributed by atoms with van der Waals surface area (Å²) in [5, 5.41) is 8.97. The Kier molecular flexibility index (Phi) is 3.32. The molecule has 2 heterocycles. The molecule has 0 unspecified atom stereocenters. The summed E-state index contributed by atoms with van der Waals surface area (Å²) in [6, 6.07) is 15.8. The van der Waals surface area contributed by atoms with Crippen LogP contribution in [0.3, 0.4) is 0 Å². The second-order valence-corrected chi connectivity index (χ2v) is 6.00. The van der Waals surface area contributed by atoms with Gasteiger partial charge in [0.1, 0.15) is 6.54 Å². The Morgan fingerprint density at radius 1 is 0.955 bits per heavy atom. The van der Waals surface area contributed by atoms with Gasteiger partial charge in [-0.15, -0.1) is 10.2 Å². The van der Waals surface area contributed by atoms with Gasteiger partial charge in [0, 0.05) is 16.1 Å². The average Bonchev–Trinajstić information content (AvgIpc) is 2.82. The molecule has 4 nitrogen and oxygen atoms in total. The lowest BCUT2D eigenvalue weighted by Crippen LogP contribution is -2.07. The highest BCUT2D eigenvalue weighted by Gasteiger charge is 2.22. The summed E-state index contributed by atoms with van der Waals surface area (Å²) < 4.78 is 2.65. The van der Waals surface area contributed by atoms with Crippen molar-refractivity contribution in [2.24, 2.45) is 4.99 Å². The Bertz CT molecular complexity index is 901. The lowest BCUT2D eigenvalue weighted by molar-refractivity contribution is 0.866. The zero-order valence-corrected chi connectivity index (χ0v) is 13.7. The number of halogens is 2. The Morgan fingerprint density at radius 2 is 1.68 bits per heavy atom. The molecule has 0 spiro atoms. The first kappa shape index (κ1) is 13.7. The van der Waals surface area contributed by atoms with Gasteiger partial charge in [0.2, 0.25) is 4.73 Å². The van der Waals surface area contributed by atoms with Gasteiger partial charge in [0.15, 0.2) is 5.82 Å². The van der Waals surface area contributed by atoms with Gasteiger partial charge in [0.05, 0.1) is 11.4 Å². The maximum absolute atomic E-state index is 6.37. The number of hydrogen-bond donors (Lipinski definition) is 0. The number of hydrogen-bond acceptors (Lipinski definition) is 3. The maximum Gasteiger partial charge on any atom is 0.204 e. The van der Waals surface area contributed by atoms with E-state index in [2.05, 4.69) is 26.1 Å². The summed E-state index contributed by atoms with van der Waals surface area (Å²) in [6.45, 7) is 0.452. The van der Waals surface area contributed by atoms with Crippen molar-refractivity contribution < 1.29 is 0 Å². The number of aromatic nitrogens is 3. The van der Waals surface area contributed by atoms with E-state index in [1.54, 1.807) is 0 Å². The van der Waals surface area contributed by atoms with Crippen LogP contribution < -0.4 is 0 Å².